The largest absolute Gasteiger partial charge is 0.389 e. The van der Waals surface area contributed by atoms with E-state index in [0.717, 1.165) is 16.5 Å². The number of fused-ring (bicyclic) bond motifs is 1. The molecular weight excluding hydrogens is 164 g/mol. The van der Waals surface area contributed by atoms with Gasteiger partial charge in [-0.15, -0.1) is 0 Å². The molecule has 0 saturated carbocycles. The first-order valence-electron chi connectivity index (χ1n) is 4.28. The lowest BCUT2D eigenvalue weighted by atomic mass is 10.1. The first kappa shape index (κ1) is 8.26. The molecule has 0 fully saturated rings. The van der Waals surface area contributed by atoms with E-state index in [1.165, 1.54) is 0 Å². The van der Waals surface area contributed by atoms with Crippen LogP contribution in [0.25, 0.3) is 10.9 Å². The number of rotatable bonds is 1. The highest BCUT2D eigenvalue weighted by Crippen LogP contribution is 2.18. The van der Waals surface area contributed by atoms with Crippen LogP contribution in [0.5, 0.6) is 0 Å². The summed E-state index contributed by atoms with van der Waals surface area (Å²) in [5, 5.41) is 14.7. The Hall–Kier alpha value is -1.35. The van der Waals surface area contributed by atoms with Crippen LogP contribution in [0.3, 0.4) is 0 Å². The molecule has 0 aliphatic carbocycles. The maximum atomic E-state index is 9.36. The quantitative estimate of drug-likeness (QED) is 0.717. The molecule has 2 rings (SSSR count). The number of hydrogen-bond acceptors (Lipinski definition) is 2. The SMILES string of the molecule is CC(O)c1ccc2cn(C)nc2c1. The zero-order chi connectivity index (χ0) is 9.42. The van der Waals surface area contributed by atoms with Crippen molar-refractivity contribution in [3.63, 3.8) is 0 Å². The van der Waals surface area contributed by atoms with Gasteiger partial charge in [-0.3, -0.25) is 4.68 Å². The lowest BCUT2D eigenvalue weighted by molar-refractivity contribution is 0.199. The van der Waals surface area contributed by atoms with E-state index in [0.29, 0.717) is 0 Å². The maximum absolute atomic E-state index is 9.36. The van der Waals surface area contributed by atoms with Crippen LogP contribution < -0.4 is 0 Å². The molecule has 1 unspecified atom stereocenters. The van der Waals surface area contributed by atoms with Crippen LogP contribution in [-0.4, -0.2) is 14.9 Å². The maximum Gasteiger partial charge on any atom is 0.0926 e. The van der Waals surface area contributed by atoms with Crippen LogP contribution in [-0.2, 0) is 7.05 Å². The summed E-state index contributed by atoms with van der Waals surface area (Å²) < 4.78 is 1.77. The van der Waals surface area contributed by atoms with Gasteiger partial charge >= 0.3 is 0 Å². The minimum absolute atomic E-state index is 0.425. The molecule has 0 radical (unpaired) electrons. The highest BCUT2D eigenvalue weighted by Gasteiger charge is 2.03. The van der Waals surface area contributed by atoms with Gasteiger partial charge in [0.2, 0.25) is 0 Å². The summed E-state index contributed by atoms with van der Waals surface area (Å²) in [6.45, 7) is 1.75. The van der Waals surface area contributed by atoms with E-state index in [9.17, 15) is 5.11 Å². The molecule has 3 nitrogen and oxygen atoms in total. The van der Waals surface area contributed by atoms with Crippen molar-refractivity contribution in [2.45, 2.75) is 13.0 Å². The number of aliphatic hydroxyl groups excluding tert-OH is 1. The van der Waals surface area contributed by atoms with Gasteiger partial charge in [0.1, 0.15) is 0 Å². The van der Waals surface area contributed by atoms with Crippen LogP contribution >= 0.6 is 0 Å². The lowest BCUT2D eigenvalue weighted by Crippen LogP contribution is -1.90. The Balaban J connectivity index is 2.61. The second-order valence-corrected chi connectivity index (χ2v) is 3.30. The number of nitrogens with zero attached hydrogens (tertiary/aromatic N) is 2. The Labute approximate surface area is 76.6 Å². The smallest absolute Gasteiger partial charge is 0.0926 e. The zero-order valence-corrected chi connectivity index (χ0v) is 7.73. The molecule has 0 spiro atoms. The van der Waals surface area contributed by atoms with Crippen LogP contribution in [0, 0.1) is 0 Å². The third-order valence-corrected chi connectivity index (χ3v) is 2.13. The summed E-state index contributed by atoms with van der Waals surface area (Å²) in [6, 6.07) is 5.82. The Morgan fingerprint density at radius 1 is 1.46 bits per heavy atom. The summed E-state index contributed by atoms with van der Waals surface area (Å²) in [5.41, 5.74) is 1.84. The van der Waals surface area contributed by atoms with E-state index < -0.39 is 6.10 Å². The summed E-state index contributed by atoms with van der Waals surface area (Å²) >= 11 is 0. The van der Waals surface area contributed by atoms with Crippen molar-refractivity contribution in [1.82, 2.24) is 9.78 Å². The number of aryl methyl sites for hydroxylation is 1. The molecule has 1 atom stereocenters. The molecule has 1 heterocycles. The fourth-order valence-corrected chi connectivity index (χ4v) is 1.42. The first-order valence-corrected chi connectivity index (χ1v) is 4.28. The summed E-state index contributed by atoms with van der Waals surface area (Å²) in [4.78, 5) is 0. The molecule has 0 bridgehead atoms. The van der Waals surface area contributed by atoms with Gasteiger partial charge < -0.3 is 5.11 Å². The summed E-state index contributed by atoms with van der Waals surface area (Å²) in [6.07, 6.45) is 1.53. The highest BCUT2D eigenvalue weighted by atomic mass is 16.3. The number of benzene rings is 1. The van der Waals surface area contributed by atoms with Crippen molar-refractivity contribution < 1.29 is 5.11 Å². The van der Waals surface area contributed by atoms with Gasteiger partial charge in [0.25, 0.3) is 0 Å². The average Bonchev–Trinajstić information content (AvgIpc) is 2.42. The molecule has 13 heavy (non-hydrogen) atoms. The van der Waals surface area contributed by atoms with Crippen LogP contribution in [0.4, 0.5) is 0 Å². The van der Waals surface area contributed by atoms with Gasteiger partial charge in [-0.1, -0.05) is 12.1 Å². The standard InChI is InChI=1S/C10H12N2O/c1-7(13)8-3-4-9-6-12(2)11-10(9)5-8/h3-7,13H,1-2H3. The van der Waals surface area contributed by atoms with Crippen molar-refractivity contribution in [3.05, 3.63) is 30.0 Å². The fraction of sp³-hybridized carbons (Fsp3) is 0.300. The molecule has 0 aliphatic heterocycles. The lowest BCUT2D eigenvalue weighted by Gasteiger charge is -2.02. The molecular formula is C10H12N2O. The number of aliphatic hydroxyl groups is 1. The van der Waals surface area contributed by atoms with E-state index in [1.807, 2.05) is 31.4 Å². The average molecular weight is 176 g/mol. The van der Waals surface area contributed by atoms with Crippen molar-refractivity contribution in [2.75, 3.05) is 0 Å². The van der Waals surface area contributed by atoms with Crippen molar-refractivity contribution in [2.24, 2.45) is 7.05 Å². The van der Waals surface area contributed by atoms with Gasteiger partial charge in [-0.2, -0.15) is 5.10 Å². The van der Waals surface area contributed by atoms with Gasteiger partial charge in [0, 0.05) is 18.6 Å². The Kier molecular flexibility index (Phi) is 1.81. The molecule has 2 aromatic rings. The molecule has 68 valence electrons. The monoisotopic (exact) mass is 176 g/mol. The summed E-state index contributed by atoms with van der Waals surface area (Å²) in [5.74, 6) is 0. The van der Waals surface area contributed by atoms with E-state index in [4.69, 9.17) is 0 Å². The topological polar surface area (TPSA) is 38.0 Å². The van der Waals surface area contributed by atoms with Gasteiger partial charge in [0.15, 0.2) is 0 Å². The second kappa shape index (κ2) is 2.85. The van der Waals surface area contributed by atoms with Gasteiger partial charge in [-0.05, 0) is 18.6 Å². The van der Waals surface area contributed by atoms with Crippen molar-refractivity contribution in [1.29, 1.82) is 0 Å². The van der Waals surface area contributed by atoms with Crippen LogP contribution in [0.1, 0.15) is 18.6 Å². The predicted octanol–water partition coefficient (Wildman–Crippen LogP) is 1.63. The van der Waals surface area contributed by atoms with Crippen LogP contribution in [0.2, 0.25) is 0 Å². The molecule has 0 saturated heterocycles. The molecule has 3 heteroatoms. The minimum Gasteiger partial charge on any atom is -0.389 e. The Bertz CT molecular complexity index is 431. The summed E-state index contributed by atoms with van der Waals surface area (Å²) in [7, 11) is 1.89. The van der Waals surface area contributed by atoms with Crippen molar-refractivity contribution in [3.8, 4) is 0 Å². The van der Waals surface area contributed by atoms with Gasteiger partial charge in [0.05, 0.1) is 11.6 Å². The third kappa shape index (κ3) is 1.42. The Morgan fingerprint density at radius 2 is 2.23 bits per heavy atom. The first-order chi connectivity index (χ1) is 6.16. The zero-order valence-electron chi connectivity index (χ0n) is 7.73. The van der Waals surface area contributed by atoms with E-state index in [2.05, 4.69) is 5.10 Å². The van der Waals surface area contributed by atoms with E-state index >= 15 is 0 Å². The number of aromatic nitrogens is 2. The van der Waals surface area contributed by atoms with E-state index in [-0.39, 0.29) is 0 Å². The molecule has 0 aliphatic rings. The molecule has 1 aromatic carbocycles. The third-order valence-electron chi connectivity index (χ3n) is 2.13. The molecule has 1 N–H and O–H groups in total. The minimum atomic E-state index is -0.425. The fourth-order valence-electron chi connectivity index (χ4n) is 1.42. The second-order valence-electron chi connectivity index (χ2n) is 3.30. The highest BCUT2D eigenvalue weighted by molar-refractivity contribution is 5.78. The number of hydrogen-bond donors (Lipinski definition) is 1. The predicted molar refractivity (Wildman–Crippen MR) is 51.3 cm³/mol. The van der Waals surface area contributed by atoms with Crippen molar-refractivity contribution >= 4 is 10.9 Å². The molecule has 1 aromatic heterocycles. The van der Waals surface area contributed by atoms with Crippen LogP contribution in [0.15, 0.2) is 24.4 Å². The normalized spacial score (nSPS) is 13.5. The van der Waals surface area contributed by atoms with Gasteiger partial charge in [-0.25, -0.2) is 0 Å². The molecule has 0 amide bonds. The van der Waals surface area contributed by atoms with E-state index in [1.54, 1.807) is 11.6 Å². The Morgan fingerprint density at radius 3 is 2.92 bits per heavy atom.